The van der Waals surface area contributed by atoms with Crippen LogP contribution >= 0.6 is 11.6 Å². The second-order valence-electron chi connectivity index (χ2n) is 5.77. The molecule has 0 unspecified atom stereocenters. The van der Waals surface area contributed by atoms with E-state index in [0.29, 0.717) is 11.0 Å². The average Bonchev–Trinajstić information content (AvgIpc) is 2.75. The fourth-order valence-corrected chi connectivity index (χ4v) is 3.59. The number of methoxy groups -OCH3 is 1. The highest BCUT2D eigenvalue weighted by atomic mass is 35.5. The molecule has 0 spiro atoms. The SMILES string of the molecule is COc1nc(Cl)nc2cnn(CCS(=O)(=O)NC(C)(C)C)c12. The highest BCUT2D eigenvalue weighted by molar-refractivity contribution is 7.89. The molecule has 2 aromatic rings. The zero-order chi connectivity index (χ0) is 16.5. The van der Waals surface area contributed by atoms with E-state index in [9.17, 15) is 8.42 Å². The van der Waals surface area contributed by atoms with Gasteiger partial charge in [-0.3, -0.25) is 4.68 Å². The van der Waals surface area contributed by atoms with E-state index in [2.05, 4.69) is 19.8 Å². The van der Waals surface area contributed by atoms with Gasteiger partial charge in [0.2, 0.25) is 21.2 Å². The van der Waals surface area contributed by atoms with E-state index in [0.717, 1.165) is 0 Å². The van der Waals surface area contributed by atoms with Gasteiger partial charge in [0.25, 0.3) is 0 Å². The quantitative estimate of drug-likeness (QED) is 0.816. The summed E-state index contributed by atoms with van der Waals surface area (Å²) >= 11 is 5.79. The number of rotatable bonds is 5. The van der Waals surface area contributed by atoms with Gasteiger partial charge in [0.05, 0.1) is 25.6 Å². The second kappa shape index (κ2) is 5.98. The highest BCUT2D eigenvalue weighted by Crippen LogP contribution is 2.23. The average molecular weight is 348 g/mol. The molecule has 0 fully saturated rings. The van der Waals surface area contributed by atoms with Gasteiger partial charge in [0.1, 0.15) is 11.0 Å². The largest absolute Gasteiger partial charge is 0.479 e. The third kappa shape index (κ3) is 4.05. The van der Waals surface area contributed by atoms with Gasteiger partial charge in [-0.1, -0.05) is 0 Å². The lowest BCUT2D eigenvalue weighted by Crippen LogP contribution is -2.42. The Balaban J connectivity index is 2.26. The lowest BCUT2D eigenvalue weighted by Gasteiger charge is -2.20. The number of ether oxygens (including phenoxy) is 1. The summed E-state index contributed by atoms with van der Waals surface area (Å²) in [6, 6.07) is 0. The number of aryl methyl sites for hydroxylation is 1. The predicted molar refractivity (Wildman–Crippen MR) is 83.6 cm³/mol. The lowest BCUT2D eigenvalue weighted by atomic mass is 10.1. The highest BCUT2D eigenvalue weighted by Gasteiger charge is 2.21. The summed E-state index contributed by atoms with van der Waals surface area (Å²) < 4.78 is 33.3. The van der Waals surface area contributed by atoms with E-state index in [1.807, 2.05) is 0 Å². The molecule has 0 radical (unpaired) electrons. The topological polar surface area (TPSA) is 99.0 Å². The maximum Gasteiger partial charge on any atom is 0.244 e. The van der Waals surface area contributed by atoms with Gasteiger partial charge in [-0.05, 0) is 32.4 Å². The van der Waals surface area contributed by atoms with Crippen LogP contribution in [0.3, 0.4) is 0 Å². The van der Waals surface area contributed by atoms with Crippen molar-refractivity contribution in [1.82, 2.24) is 24.5 Å². The zero-order valence-electron chi connectivity index (χ0n) is 12.8. The molecule has 1 N–H and O–H groups in total. The first-order valence-corrected chi connectivity index (χ1v) is 8.59. The number of halogens is 1. The van der Waals surface area contributed by atoms with Crippen molar-refractivity contribution in [1.29, 1.82) is 0 Å². The van der Waals surface area contributed by atoms with Crippen molar-refractivity contribution in [2.45, 2.75) is 32.9 Å². The number of fused-ring (bicyclic) bond motifs is 1. The molecule has 2 heterocycles. The molecule has 2 rings (SSSR count). The van der Waals surface area contributed by atoms with Gasteiger partial charge < -0.3 is 4.74 Å². The van der Waals surface area contributed by atoms with Crippen LogP contribution in [0.5, 0.6) is 5.88 Å². The van der Waals surface area contributed by atoms with Crippen LogP contribution in [0.4, 0.5) is 0 Å². The summed E-state index contributed by atoms with van der Waals surface area (Å²) in [6.07, 6.45) is 1.50. The van der Waals surface area contributed by atoms with E-state index in [1.165, 1.54) is 18.0 Å². The Labute approximate surface area is 133 Å². The van der Waals surface area contributed by atoms with Crippen molar-refractivity contribution in [3.63, 3.8) is 0 Å². The minimum Gasteiger partial charge on any atom is -0.479 e. The Morgan fingerprint density at radius 2 is 2.05 bits per heavy atom. The molecule has 0 aliphatic rings. The predicted octanol–water partition coefficient (Wildman–Crippen LogP) is 1.21. The number of nitrogens with zero attached hydrogens (tertiary/aromatic N) is 4. The van der Waals surface area contributed by atoms with Gasteiger partial charge in [-0.2, -0.15) is 10.1 Å². The van der Waals surface area contributed by atoms with Crippen LogP contribution in [0, 0.1) is 0 Å². The standard InChI is InChI=1S/C12H18ClN5O3S/c1-12(2,3)17-22(19,20)6-5-18-9-8(7-14-18)15-11(13)16-10(9)21-4/h7,17H,5-6H2,1-4H3. The van der Waals surface area contributed by atoms with Crippen molar-refractivity contribution < 1.29 is 13.2 Å². The van der Waals surface area contributed by atoms with Crippen LogP contribution in [0.2, 0.25) is 5.28 Å². The third-order valence-electron chi connectivity index (χ3n) is 2.66. The van der Waals surface area contributed by atoms with Crippen molar-refractivity contribution in [3.8, 4) is 5.88 Å². The fourth-order valence-electron chi connectivity index (χ4n) is 1.97. The number of sulfonamides is 1. The van der Waals surface area contributed by atoms with Crippen LogP contribution < -0.4 is 9.46 Å². The minimum absolute atomic E-state index is 0.0471. The molecule has 0 aliphatic carbocycles. The summed E-state index contributed by atoms with van der Waals surface area (Å²) in [6.45, 7) is 5.50. The van der Waals surface area contributed by atoms with Crippen LogP contribution in [-0.2, 0) is 16.6 Å². The Bertz CT molecular complexity index is 782. The van der Waals surface area contributed by atoms with E-state index < -0.39 is 15.6 Å². The molecule has 0 saturated heterocycles. The monoisotopic (exact) mass is 347 g/mol. The molecule has 0 atom stereocenters. The first-order valence-electron chi connectivity index (χ1n) is 6.56. The van der Waals surface area contributed by atoms with Gasteiger partial charge in [-0.15, -0.1) is 0 Å². The van der Waals surface area contributed by atoms with Gasteiger partial charge in [-0.25, -0.2) is 18.1 Å². The van der Waals surface area contributed by atoms with Gasteiger partial charge >= 0.3 is 0 Å². The van der Waals surface area contributed by atoms with E-state index in [4.69, 9.17) is 16.3 Å². The minimum atomic E-state index is -3.43. The van der Waals surface area contributed by atoms with Crippen molar-refractivity contribution in [2.75, 3.05) is 12.9 Å². The zero-order valence-corrected chi connectivity index (χ0v) is 14.4. The molecule has 0 bridgehead atoms. The van der Waals surface area contributed by atoms with Crippen LogP contribution in [0.25, 0.3) is 11.0 Å². The van der Waals surface area contributed by atoms with Crippen molar-refractivity contribution in [2.24, 2.45) is 0 Å². The molecule has 0 aromatic carbocycles. The Kier molecular flexibility index (Phi) is 4.59. The van der Waals surface area contributed by atoms with Crippen molar-refractivity contribution >= 4 is 32.7 Å². The molecule has 0 aliphatic heterocycles. The fraction of sp³-hybridized carbons (Fsp3) is 0.583. The summed E-state index contributed by atoms with van der Waals surface area (Å²) in [4.78, 5) is 8.00. The molecule has 2 aromatic heterocycles. The second-order valence-corrected chi connectivity index (χ2v) is 7.95. The van der Waals surface area contributed by atoms with E-state index in [1.54, 1.807) is 20.8 Å². The third-order valence-corrected chi connectivity index (χ3v) is 4.47. The van der Waals surface area contributed by atoms with Crippen LogP contribution in [0.15, 0.2) is 6.20 Å². The number of aromatic nitrogens is 4. The molecule has 8 nitrogen and oxygen atoms in total. The first-order chi connectivity index (χ1) is 10.1. The maximum atomic E-state index is 12.1. The van der Waals surface area contributed by atoms with Gasteiger partial charge in [0, 0.05) is 5.54 Å². The van der Waals surface area contributed by atoms with Crippen molar-refractivity contribution in [3.05, 3.63) is 11.5 Å². The number of hydrogen-bond donors (Lipinski definition) is 1. The summed E-state index contributed by atoms with van der Waals surface area (Å²) in [5.41, 5.74) is 0.482. The molecule has 0 saturated carbocycles. The molecular weight excluding hydrogens is 330 g/mol. The summed E-state index contributed by atoms with van der Waals surface area (Å²) in [7, 11) is -1.98. The molecule has 22 heavy (non-hydrogen) atoms. The Hall–Kier alpha value is -1.45. The van der Waals surface area contributed by atoms with E-state index in [-0.39, 0.29) is 23.5 Å². The Morgan fingerprint density at radius 1 is 1.36 bits per heavy atom. The molecular formula is C12H18ClN5O3S. The van der Waals surface area contributed by atoms with E-state index >= 15 is 0 Å². The lowest BCUT2D eigenvalue weighted by molar-refractivity contribution is 0.399. The summed E-state index contributed by atoms with van der Waals surface area (Å²) in [5.74, 6) is 0.140. The normalized spacial score (nSPS) is 12.8. The number of hydrogen-bond acceptors (Lipinski definition) is 6. The first kappa shape index (κ1) is 16.9. The Morgan fingerprint density at radius 3 is 2.64 bits per heavy atom. The molecule has 0 amide bonds. The molecule has 122 valence electrons. The summed E-state index contributed by atoms with van der Waals surface area (Å²) in [5, 5.41) is 4.18. The van der Waals surface area contributed by atoms with Crippen LogP contribution in [0.1, 0.15) is 20.8 Å². The maximum absolute atomic E-state index is 12.1. The molecule has 10 heteroatoms. The van der Waals surface area contributed by atoms with Crippen LogP contribution in [-0.4, -0.2) is 46.6 Å². The number of nitrogens with one attached hydrogen (secondary N) is 1. The smallest absolute Gasteiger partial charge is 0.244 e. The van der Waals surface area contributed by atoms with Gasteiger partial charge in [0.15, 0.2) is 0 Å².